The molecule has 0 radical (unpaired) electrons. The summed E-state index contributed by atoms with van der Waals surface area (Å²) in [5.74, 6) is -0.976. The average molecular weight is 394 g/mol. The number of nitro groups is 1. The first-order valence-corrected chi connectivity index (χ1v) is 8.50. The standard InChI is InChI=1S/C19H14N4O4S/c24-17(13-8-10-14(11-9-13)23(26)27)20-19(28)22-21-18(25)16-7-3-5-12-4-1-2-6-15(12)16/h1-11H,(H,21,25)(H2,20,22,24,28). The Bertz CT molecular complexity index is 1080. The second kappa shape index (κ2) is 8.23. The first-order chi connectivity index (χ1) is 13.5. The molecule has 3 aromatic carbocycles. The lowest BCUT2D eigenvalue weighted by Gasteiger charge is -2.12. The van der Waals surface area contributed by atoms with E-state index in [4.69, 9.17) is 12.2 Å². The maximum Gasteiger partial charge on any atom is 0.270 e. The number of non-ortho nitro benzene ring substituents is 1. The molecule has 0 saturated heterocycles. The highest BCUT2D eigenvalue weighted by Crippen LogP contribution is 2.18. The summed E-state index contributed by atoms with van der Waals surface area (Å²) >= 11 is 5.00. The Morgan fingerprint density at radius 1 is 0.857 bits per heavy atom. The molecule has 9 heteroatoms. The molecule has 0 aromatic heterocycles. The third-order valence-corrected chi connectivity index (χ3v) is 4.10. The van der Waals surface area contributed by atoms with Gasteiger partial charge in [-0.3, -0.25) is 35.9 Å². The molecule has 28 heavy (non-hydrogen) atoms. The van der Waals surface area contributed by atoms with Crippen LogP contribution in [0.3, 0.4) is 0 Å². The number of thiocarbonyl (C=S) groups is 1. The Hall–Kier alpha value is -3.85. The predicted octanol–water partition coefficient (Wildman–Crippen LogP) is 2.70. The molecule has 3 aromatic rings. The van der Waals surface area contributed by atoms with Gasteiger partial charge in [-0.1, -0.05) is 36.4 Å². The van der Waals surface area contributed by atoms with Gasteiger partial charge in [0.15, 0.2) is 5.11 Å². The number of hydrazine groups is 1. The molecule has 140 valence electrons. The SMILES string of the molecule is O=C(NC(=S)NNC(=O)c1cccc2ccccc12)c1ccc([N+](=O)[O-])cc1. The molecule has 0 aliphatic heterocycles. The van der Waals surface area contributed by atoms with Crippen LogP contribution in [0.4, 0.5) is 5.69 Å². The summed E-state index contributed by atoms with van der Waals surface area (Å²) in [7, 11) is 0. The van der Waals surface area contributed by atoms with Gasteiger partial charge in [0.25, 0.3) is 17.5 Å². The lowest BCUT2D eigenvalue weighted by molar-refractivity contribution is -0.384. The highest BCUT2D eigenvalue weighted by atomic mass is 32.1. The number of fused-ring (bicyclic) bond motifs is 1. The van der Waals surface area contributed by atoms with Crippen LogP contribution in [0.25, 0.3) is 10.8 Å². The Balaban J connectivity index is 1.59. The van der Waals surface area contributed by atoms with Gasteiger partial charge in [-0.15, -0.1) is 0 Å². The van der Waals surface area contributed by atoms with E-state index in [9.17, 15) is 19.7 Å². The van der Waals surface area contributed by atoms with E-state index in [0.29, 0.717) is 5.56 Å². The van der Waals surface area contributed by atoms with E-state index >= 15 is 0 Å². The Morgan fingerprint density at radius 2 is 1.54 bits per heavy atom. The Morgan fingerprint density at radius 3 is 2.25 bits per heavy atom. The van der Waals surface area contributed by atoms with E-state index in [1.807, 2.05) is 30.3 Å². The van der Waals surface area contributed by atoms with E-state index in [-0.39, 0.29) is 16.4 Å². The molecule has 0 unspecified atom stereocenters. The Labute approximate surface area is 164 Å². The topological polar surface area (TPSA) is 113 Å². The summed E-state index contributed by atoms with van der Waals surface area (Å²) in [6.45, 7) is 0. The summed E-state index contributed by atoms with van der Waals surface area (Å²) in [5.41, 5.74) is 5.42. The van der Waals surface area contributed by atoms with Crippen LogP contribution in [0.15, 0.2) is 66.7 Å². The molecule has 0 fully saturated rings. The number of nitro benzene ring substituents is 1. The number of rotatable bonds is 3. The van der Waals surface area contributed by atoms with Crippen molar-refractivity contribution in [3.05, 3.63) is 88.0 Å². The zero-order valence-electron chi connectivity index (χ0n) is 14.3. The number of nitrogens with zero attached hydrogens (tertiary/aromatic N) is 1. The number of hydrogen-bond donors (Lipinski definition) is 3. The number of carbonyl (C=O) groups excluding carboxylic acids is 2. The predicted molar refractivity (Wildman–Crippen MR) is 108 cm³/mol. The minimum atomic E-state index is -0.563. The number of hydrogen-bond acceptors (Lipinski definition) is 5. The van der Waals surface area contributed by atoms with Crippen molar-refractivity contribution in [3.8, 4) is 0 Å². The Kier molecular flexibility index (Phi) is 5.56. The van der Waals surface area contributed by atoms with E-state index in [0.717, 1.165) is 10.8 Å². The summed E-state index contributed by atoms with van der Waals surface area (Å²) in [5, 5.41) is 14.6. The molecule has 0 spiro atoms. The lowest BCUT2D eigenvalue weighted by atomic mass is 10.0. The van der Waals surface area contributed by atoms with Crippen molar-refractivity contribution in [1.82, 2.24) is 16.2 Å². The largest absolute Gasteiger partial charge is 0.298 e. The maximum absolute atomic E-state index is 12.4. The molecular formula is C19H14N4O4S. The van der Waals surface area contributed by atoms with Gasteiger partial charge in [0.05, 0.1) is 4.92 Å². The minimum Gasteiger partial charge on any atom is -0.298 e. The number of carbonyl (C=O) groups is 2. The first kappa shape index (κ1) is 18.9. The average Bonchev–Trinajstić information content (AvgIpc) is 2.71. The van der Waals surface area contributed by atoms with Crippen LogP contribution in [0, 0.1) is 10.1 Å². The molecule has 2 amide bonds. The van der Waals surface area contributed by atoms with Crippen molar-refractivity contribution >= 4 is 45.6 Å². The third-order valence-electron chi connectivity index (χ3n) is 3.89. The third kappa shape index (κ3) is 4.27. The fourth-order valence-electron chi connectivity index (χ4n) is 2.55. The molecular weight excluding hydrogens is 380 g/mol. The van der Waals surface area contributed by atoms with Gasteiger partial charge in [0, 0.05) is 23.3 Å². The highest BCUT2D eigenvalue weighted by Gasteiger charge is 2.13. The number of amides is 2. The van der Waals surface area contributed by atoms with Crippen molar-refractivity contribution in [2.75, 3.05) is 0 Å². The molecule has 0 bridgehead atoms. The molecule has 0 aliphatic carbocycles. The smallest absolute Gasteiger partial charge is 0.270 e. The van der Waals surface area contributed by atoms with Crippen LogP contribution in [-0.2, 0) is 0 Å². The molecule has 3 N–H and O–H groups in total. The monoisotopic (exact) mass is 394 g/mol. The quantitative estimate of drug-likeness (QED) is 0.358. The van der Waals surface area contributed by atoms with Gasteiger partial charge < -0.3 is 0 Å². The molecule has 0 atom stereocenters. The van der Waals surface area contributed by atoms with Crippen molar-refractivity contribution < 1.29 is 14.5 Å². The van der Waals surface area contributed by atoms with Crippen LogP contribution in [0.1, 0.15) is 20.7 Å². The first-order valence-electron chi connectivity index (χ1n) is 8.09. The van der Waals surface area contributed by atoms with Gasteiger partial charge in [-0.2, -0.15) is 0 Å². The second-order valence-electron chi connectivity index (χ2n) is 5.69. The summed E-state index contributed by atoms with van der Waals surface area (Å²) in [6.07, 6.45) is 0. The van der Waals surface area contributed by atoms with E-state index in [1.165, 1.54) is 24.3 Å². The van der Waals surface area contributed by atoms with Gasteiger partial charge in [0.2, 0.25) is 0 Å². The summed E-state index contributed by atoms with van der Waals surface area (Å²) in [4.78, 5) is 34.6. The second-order valence-corrected chi connectivity index (χ2v) is 6.10. The van der Waals surface area contributed by atoms with Crippen LogP contribution < -0.4 is 16.2 Å². The lowest BCUT2D eigenvalue weighted by Crippen LogP contribution is -2.48. The van der Waals surface area contributed by atoms with Crippen molar-refractivity contribution in [3.63, 3.8) is 0 Å². The molecule has 0 heterocycles. The van der Waals surface area contributed by atoms with Gasteiger partial charge >= 0.3 is 0 Å². The van der Waals surface area contributed by atoms with Crippen LogP contribution in [0.2, 0.25) is 0 Å². The number of benzene rings is 3. The molecule has 0 saturated carbocycles. The fourth-order valence-corrected chi connectivity index (χ4v) is 2.69. The van der Waals surface area contributed by atoms with Crippen LogP contribution in [-0.4, -0.2) is 21.9 Å². The summed E-state index contributed by atoms with van der Waals surface area (Å²) < 4.78 is 0. The molecule has 0 aliphatic rings. The van der Waals surface area contributed by atoms with Crippen molar-refractivity contribution in [1.29, 1.82) is 0 Å². The highest BCUT2D eigenvalue weighted by molar-refractivity contribution is 7.80. The van der Waals surface area contributed by atoms with Gasteiger partial charge in [-0.05, 0) is 41.2 Å². The van der Waals surface area contributed by atoms with Crippen LogP contribution in [0.5, 0.6) is 0 Å². The molecule has 8 nitrogen and oxygen atoms in total. The zero-order chi connectivity index (χ0) is 20.1. The van der Waals surface area contributed by atoms with E-state index in [2.05, 4.69) is 16.2 Å². The normalized spacial score (nSPS) is 10.1. The zero-order valence-corrected chi connectivity index (χ0v) is 15.2. The van der Waals surface area contributed by atoms with Crippen molar-refractivity contribution in [2.24, 2.45) is 0 Å². The number of nitrogens with one attached hydrogen (secondary N) is 3. The van der Waals surface area contributed by atoms with E-state index in [1.54, 1.807) is 12.1 Å². The van der Waals surface area contributed by atoms with Crippen molar-refractivity contribution in [2.45, 2.75) is 0 Å². The molecule has 3 rings (SSSR count). The van der Waals surface area contributed by atoms with Gasteiger partial charge in [-0.25, -0.2) is 0 Å². The summed E-state index contributed by atoms with van der Waals surface area (Å²) in [6, 6.07) is 17.8. The van der Waals surface area contributed by atoms with E-state index < -0.39 is 16.7 Å². The maximum atomic E-state index is 12.4. The van der Waals surface area contributed by atoms with Crippen LogP contribution >= 0.6 is 12.2 Å². The van der Waals surface area contributed by atoms with Gasteiger partial charge in [0.1, 0.15) is 0 Å². The minimum absolute atomic E-state index is 0.114. The fraction of sp³-hybridized carbons (Fsp3) is 0.